The number of nitrogens with one attached hydrogen (secondary N) is 2. The second kappa shape index (κ2) is 11.0. The number of aliphatic imine (C=N–C) groups is 1. The molecule has 2 aromatic rings. The second-order valence-electron chi connectivity index (χ2n) is 7.09. The van der Waals surface area contributed by atoms with E-state index in [4.69, 9.17) is 5.10 Å². The maximum atomic E-state index is 4.71. The summed E-state index contributed by atoms with van der Waals surface area (Å²) in [6.07, 6.45) is 7.25. The van der Waals surface area contributed by atoms with E-state index in [1.807, 2.05) is 0 Å². The van der Waals surface area contributed by atoms with Crippen molar-refractivity contribution in [2.75, 3.05) is 6.54 Å². The molecule has 0 spiro atoms. The lowest BCUT2D eigenvalue weighted by molar-refractivity contribution is 0.463. The summed E-state index contributed by atoms with van der Waals surface area (Å²) in [6.45, 7) is 8.53. The minimum absolute atomic E-state index is 0. The number of guanidine groups is 1. The molecular weight excluding hydrogens is 471 g/mol. The molecule has 1 saturated carbocycles. The first kappa shape index (κ1) is 22.1. The van der Waals surface area contributed by atoms with Crippen molar-refractivity contribution in [3.05, 3.63) is 34.0 Å². The average molecular weight is 502 g/mol. The van der Waals surface area contributed by atoms with Crippen LogP contribution in [0.25, 0.3) is 0 Å². The Kier molecular flexibility index (Phi) is 9.01. The maximum Gasteiger partial charge on any atom is 0.191 e. The van der Waals surface area contributed by atoms with E-state index in [0.717, 1.165) is 28.9 Å². The van der Waals surface area contributed by atoms with Crippen molar-refractivity contribution < 1.29 is 0 Å². The van der Waals surface area contributed by atoms with Gasteiger partial charge in [0, 0.05) is 18.1 Å². The van der Waals surface area contributed by atoms with Gasteiger partial charge in [-0.05, 0) is 31.7 Å². The summed E-state index contributed by atoms with van der Waals surface area (Å²) < 4.78 is 2.13. The molecule has 2 aromatic heterocycles. The Morgan fingerprint density at radius 2 is 2.11 bits per heavy atom. The van der Waals surface area contributed by atoms with Gasteiger partial charge in [0.05, 0.1) is 30.5 Å². The third kappa shape index (κ3) is 6.44. The fourth-order valence-electron chi connectivity index (χ4n) is 3.17. The van der Waals surface area contributed by atoms with Crippen LogP contribution in [-0.2, 0) is 13.1 Å². The van der Waals surface area contributed by atoms with Crippen LogP contribution in [0.4, 0.5) is 0 Å². The first-order chi connectivity index (χ1) is 12.7. The third-order valence-corrected chi connectivity index (χ3v) is 5.54. The summed E-state index contributed by atoms with van der Waals surface area (Å²) in [5.74, 6) is 1.28. The fourth-order valence-corrected chi connectivity index (χ4v) is 4.06. The predicted molar refractivity (Wildman–Crippen MR) is 123 cm³/mol. The van der Waals surface area contributed by atoms with Crippen LogP contribution < -0.4 is 10.6 Å². The zero-order valence-corrected chi connectivity index (χ0v) is 19.6. The van der Waals surface area contributed by atoms with Crippen LogP contribution in [0, 0.1) is 0 Å². The molecule has 150 valence electrons. The van der Waals surface area contributed by atoms with E-state index in [-0.39, 0.29) is 24.0 Å². The molecule has 0 aromatic carbocycles. The van der Waals surface area contributed by atoms with E-state index in [2.05, 4.69) is 63.7 Å². The molecule has 2 heterocycles. The highest BCUT2D eigenvalue weighted by molar-refractivity contribution is 14.0. The van der Waals surface area contributed by atoms with E-state index in [9.17, 15) is 0 Å². The monoisotopic (exact) mass is 502 g/mol. The van der Waals surface area contributed by atoms with Gasteiger partial charge in [0.1, 0.15) is 5.01 Å². The number of thiazole rings is 1. The van der Waals surface area contributed by atoms with Crippen LogP contribution in [0.15, 0.2) is 22.6 Å². The van der Waals surface area contributed by atoms with E-state index in [0.29, 0.717) is 25.0 Å². The van der Waals surface area contributed by atoms with Crippen molar-refractivity contribution in [3.63, 3.8) is 0 Å². The summed E-state index contributed by atoms with van der Waals surface area (Å²) in [6, 6.07) is 2.67. The van der Waals surface area contributed by atoms with E-state index in [1.165, 1.54) is 25.7 Å². The van der Waals surface area contributed by atoms with E-state index < -0.39 is 0 Å². The maximum absolute atomic E-state index is 4.71. The molecule has 27 heavy (non-hydrogen) atoms. The zero-order chi connectivity index (χ0) is 18.4. The largest absolute Gasteiger partial charge is 0.357 e. The number of aromatic nitrogens is 3. The SMILES string of the molecule is CCNC(=NCc1ccn(C2CCCC2)n1)NCc1nc(C(C)C)cs1.I. The fraction of sp³-hybridized carbons (Fsp3) is 0.632. The molecule has 0 saturated heterocycles. The summed E-state index contributed by atoms with van der Waals surface area (Å²) in [4.78, 5) is 9.34. The number of rotatable bonds is 7. The number of hydrogen-bond donors (Lipinski definition) is 2. The number of nitrogens with zero attached hydrogens (tertiary/aromatic N) is 4. The van der Waals surface area contributed by atoms with Gasteiger partial charge in [-0.15, -0.1) is 35.3 Å². The van der Waals surface area contributed by atoms with Gasteiger partial charge in [-0.2, -0.15) is 5.10 Å². The van der Waals surface area contributed by atoms with Crippen molar-refractivity contribution in [3.8, 4) is 0 Å². The molecule has 1 aliphatic carbocycles. The van der Waals surface area contributed by atoms with Gasteiger partial charge in [0.15, 0.2) is 5.96 Å². The summed E-state index contributed by atoms with van der Waals surface area (Å²) in [5, 5.41) is 14.6. The Hall–Kier alpha value is -1.16. The topological polar surface area (TPSA) is 67.1 Å². The lowest BCUT2D eigenvalue weighted by Gasteiger charge is -2.10. The molecule has 0 unspecified atom stereocenters. The van der Waals surface area contributed by atoms with Crippen molar-refractivity contribution >= 4 is 41.3 Å². The highest BCUT2D eigenvalue weighted by atomic mass is 127. The van der Waals surface area contributed by atoms with Crippen molar-refractivity contribution in [2.24, 2.45) is 4.99 Å². The van der Waals surface area contributed by atoms with E-state index in [1.54, 1.807) is 11.3 Å². The Labute approximate surface area is 183 Å². The predicted octanol–water partition coefficient (Wildman–Crippen LogP) is 4.45. The highest BCUT2D eigenvalue weighted by Gasteiger charge is 2.17. The first-order valence-electron chi connectivity index (χ1n) is 9.66. The van der Waals surface area contributed by atoms with Crippen LogP contribution in [0.1, 0.15) is 74.8 Å². The van der Waals surface area contributed by atoms with Gasteiger partial charge < -0.3 is 10.6 Å². The number of hydrogen-bond acceptors (Lipinski definition) is 4. The normalized spacial score (nSPS) is 15.2. The molecule has 6 nitrogen and oxygen atoms in total. The van der Waals surface area contributed by atoms with Crippen LogP contribution in [0.2, 0.25) is 0 Å². The first-order valence-corrected chi connectivity index (χ1v) is 10.5. The summed E-state index contributed by atoms with van der Waals surface area (Å²) in [5.41, 5.74) is 2.18. The van der Waals surface area contributed by atoms with Gasteiger partial charge >= 0.3 is 0 Å². The van der Waals surface area contributed by atoms with Crippen LogP contribution >= 0.6 is 35.3 Å². The molecule has 1 fully saturated rings. The van der Waals surface area contributed by atoms with Crippen molar-refractivity contribution in [2.45, 2.75) is 71.5 Å². The molecule has 1 aliphatic rings. The van der Waals surface area contributed by atoms with Gasteiger partial charge in [-0.3, -0.25) is 4.68 Å². The Bertz CT molecular complexity index is 717. The molecular formula is C19H31IN6S. The smallest absolute Gasteiger partial charge is 0.191 e. The molecule has 0 radical (unpaired) electrons. The minimum atomic E-state index is 0. The van der Waals surface area contributed by atoms with Crippen molar-refractivity contribution in [1.29, 1.82) is 0 Å². The van der Waals surface area contributed by atoms with Crippen LogP contribution in [-0.4, -0.2) is 27.3 Å². The molecule has 0 aliphatic heterocycles. The van der Waals surface area contributed by atoms with Crippen LogP contribution in [0.5, 0.6) is 0 Å². The molecule has 3 rings (SSSR count). The Balaban J connectivity index is 0.00000261. The van der Waals surface area contributed by atoms with Gasteiger partial charge in [-0.1, -0.05) is 26.7 Å². The van der Waals surface area contributed by atoms with Gasteiger partial charge in [-0.25, -0.2) is 9.98 Å². The highest BCUT2D eigenvalue weighted by Crippen LogP contribution is 2.28. The standard InChI is InChI=1S/C19H30N6S.HI/c1-4-20-19(22-12-18-23-17(13-26-18)14(2)3)21-11-15-9-10-25(24-15)16-7-5-6-8-16;/h9-10,13-14,16H,4-8,11-12H2,1-3H3,(H2,20,21,22);1H. The summed E-state index contributed by atoms with van der Waals surface area (Å²) in [7, 11) is 0. The van der Waals surface area contributed by atoms with Gasteiger partial charge in [0.25, 0.3) is 0 Å². The minimum Gasteiger partial charge on any atom is -0.357 e. The van der Waals surface area contributed by atoms with Gasteiger partial charge in [0.2, 0.25) is 0 Å². The molecule has 0 bridgehead atoms. The van der Waals surface area contributed by atoms with E-state index >= 15 is 0 Å². The second-order valence-corrected chi connectivity index (χ2v) is 8.04. The Morgan fingerprint density at radius 1 is 1.33 bits per heavy atom. The summed E-state index contributed by atoms with van der Waals surface area (Å²) >= 11 is 1.70. The molecule has 0 atom stereocenters. The lowest BCUT2D eigenvalue weighted by Crippen LogP contribution is -2.36. The Morgan fingerprint density at radius 3 is 2.78 bits per heavy atom. The number of halogens is 1. The van der Waals surface area contributed by atoms with Crippen molar-refractivity contribution in [1.82, 2.24) is 25.4 Å². The quantitative estimate of drug-likeness (QED) is 0.334. The zero-order valence-electron chi connectivity index (χ0n) is 16.4. The van der Waals surface area contributed by atoms with Crippen LogP contribution in [0.3, 0.4) is 0 Å². The lowest BCUT2D eigenvalue weighted by atomic mass is 10.2. The average Bonchev–Trinajstić information content (AvgIpc) is 3.38. The molecule has 0 amide bonds. The molecule has 8 heteroatoms. The molecule has 2 N–H and O–H groups in total. The third-order valence-electron chi connectivity index (χ3n) is 4.67.